The molecule has 1 saturated heterocycles. The predicted molar refractivity (Wildman–Crippen MR) is 87.0 cm³/mol. The lowest BCUT2D eigenvalue weighted by Crippen LogP contribution is -2.53. The molecule has 0 aromatic heterocycles. The van der Waals surface area contributed by atoms with Crippen LogP contribution in [-0.2, 0) is 0 Å². The van der Waals surface area contributed by atoms with Crippen LogP contribution in [0.3, 0.4) is 0 Å². The molecule has 0 bridgehead atoms. The second kappa shape index (κ2) is 7.77. The monoisotopic (exact) mass is 284 g/mol. The second-order valence-electron chi connectivity index (χ2n) is 8.09. The van der Waals surface area contributed by atoms with Gasteiger partial charge in [0.2, 0.25) is 0 Å². The summed E-state index contributed by atoms with van der Waals surface area (Å²) in [6, 6.07) is 1.16. The van der Waals surface area contributed by atoms with Gasteiger partial charge in [0.15, 0.2) is 0 Å². The normalized spacial score (nSPS) is 27.0. The van der Waals surface area contributed by atoms with Gasteiger partial charge in [0, 0.05) is 31.7 Å². The molecule has 0 spiro atoms. The van der Waals surface area contributed by atoms with Crippen molar-refractivity contribution in [1.29, 1.82) is 0 Å². The van der Waals surface area contributed by atoms with Gasteiger partial charge in [0.05, 0.1) is 6.10 Å². The molecule has 1 fully saturated rings. The topological polar surface area (TPSA) is 35.5 Å². The Balaban J connectivity index is 2.56. The lowest BCUT2D eigenvalue weighted by molar-refractivity contribution is 0.0674. The Morgan fingerprint density at radius 1 is 1.25 bits per heavy atom. The van der Waals surface area contributed by atoms with Gasteiger partial charge in [-0.15, -0.1) is 0 Å². The average molecular weight is 284 g/mol. The van der Waals surface area contributed by atoms with Crippen LogP contribution in [0.1, 0.15) is 60.8 Å². The fraction of sp³-hybridized carbons (Fsp3) is 1.00. The van der Waals surface area contributed by atoms with Gasteiger partial charge in [-0.2, -0.15) is 0 Å². The highest BCUT2D eigenvalue weighted by atomic mass is 16.3. The van der Waals surface area contributed by atoms with Gasteiger partial charge in [0.25, 0.3) is 0 Å². The van der Waals surface area contributed by atoms with E-state index in [1.54, 1.807) is 0 Å². The van der Waals surface area contributed by atoms with Crippen molar-refractivity contribution < 1.29 is 5.11 Å². The van der Waals surface area contributed by atoms with E-state index in [4.69, 9.17) is 0 Å². The van der Waals surface area contributed by atoms with Crippen molar-refractivity contribution in [2.45, 2.75) is 79.0 Å². The molecule has 120 valence electrons. The minimum Gasteiger partial charge on any atom is -0.393 e. The largest absolute Gasteiger partial charge is 0.393 e. The van der Waals surface area contributed by atoms with E-state index in [-0.39, 0.29) is 6.10 Å². The van der Waals surface area contributed by atoms with Crippen LogP contribution in [0.15, 0.2) is 0 Å². The molecule has 3 unspecified atom stereocenters. The zero-order valence-corrected chi connectivity index (χ0v) is 14.4. The fourth-order valence-electron chi connectivity index (χ4n) is 2.98. The Hall–Kier alpha value is -0.120. The molecule has 0 aromatic carbocycles. The van der Waals surface area contributed by atoms with Crippen LogP contribution in [0.25, 0.3) is 0 Å². The Labute approximate surface area is 126 Å². The molecular weight excluding hydrogens is 248 g/mol. The van der Waals surface area contributed by atoms with Gasteiger partial charge in [-0.3, -0.25) is 4.90 Å². The molecule has 0 aromatic rings. The number of hydrogen-bond donors (Lipinski definition) is 2. The van der Waals surface area contributed by atoms with Crippen LogP contribution in [-0.4, -0.2) is 47.8 Å². The maximum absolute atomic E-state index is 9.94. The van der Waals surface area contributed by atoms with Crippen molar-refractivity contribution in [3.8, 4) is 0 Å². The first-order valence-corrected chi connectivity index (χ1v) is 8.36. The van der Waals surface area contributed by atoms with Crippen LogP contribution in [0, 0.1) is 11.3 Å². The minimum atomic E-state index is -0.129. The third-order valence-corrected chi connectivity index (χ3v) is 4.29. The molecule has 3 heteroatoms. The molecule has 1 rings (SSSR count). The number of aliphatic hydroxyl groups is 1. The summed E-state index contributed by atoms with van der Waals surface area (Å²) < 4.78 is 0. The zero-order valence-electron chi connectivity index (χ0n) is 14.4. The number of hydrogen-bond acceptors (Lipinski definition) is 3. The van der Waals surface area contributed by atoms with Crippen molar-refractivity contribution in [2.75, 3.05) is 19.6 Å². The number of nitrogens with zero attached hydrogens (tertiary/aromatic N) is 1. The molecule has 0 radical (unpaired) electrons. The molecule has 20 heavy (non-hydrogen) atoms. The molecule has 0 aliphatic carbocycles. The molecule has 0 saturated carbocycles. The van der Waals surface area contributed by atoms with Crippen LogP contribution >= 0.6 is 0 Å². The van der Waals surface area contributed by atoms with Crippen molar-refractivity contribution in [1.82, 2.24) is 10.2 Å². The highest BCUT2D eigenvalue weighted by Gasteiger charge is 2.29. The molecule has 3 atom stereocenters. The van der Waals surface area contributed by atoms with E-state index in [1.165, 1.54) is 6.42 Å². The molecule has 3 nitrogen and oxygen atoms in total. The first-order chi connectivity index (χ1) is 9.21. The van der Waals surface area contributed by atoms with E-state index in [0.29, 0.717) is 23.4 Å². The summed E-state index contributed by atoms with van der Waals surface area (Å²) in [5, 5.41) is 13.7. The number of rotatable bonds is 6. The van der Waals surface area contributed by atoms with Crippen molar-refractivity contribution >= 4 is 0 Å². The summed E-state index contributed by atoms with van der Waals surface area (Å²) in [5.74, 6) is 0.624. The summed E-state index contributed by atoms with van der Waals surface area (Å²) in [6.07, 6.45) is 2.90. The number of likely N-dealkylation sites (tertiary alicyclic amines) is 1. The number of piperidine rings is 1. The number of aliphatic hydroxyl groups excluding tert-OH is 1. The zero-order chi connectivity index (χ0) is 15.3. The van der Waals surface area contributed by atoms with Gasteiger partial charge in [-0.1, -0.05) is 27.7 Å². The first-order valence-electron chi connectivity index (χ1n) is 8.36. The summed E-state index contributed by atoms with van der Waals surface area (Å²) in [6.45, 7) is 16.8. The standard InChI is InChI=1S/C17H36N2O/c1-7-16(20)9-14-8-15(18-12-17(4,5)6)11-19(10-14)13(2)3/h13-16,18,20H,7-12H2,1-6H3. The Kier molecular flexibility index (Phi) is 6.96. The molecular formula is C17H36N2O. The van der Waals surface area contributed by atoms with Gasteiger partial charge in [-0.05, 0) is 44.4 Å². The van der Waals surface area contributed by atoms with Gasteiger partial charge in [0.1, 0.15) is 0 Å². The maximum atomic E-state index is 9.94. The van der Waals surface area contributed by atoms with Crippen LogP contribution in [0.5, 0.6) is 0 Å². The van der Waals surface area contributed by atoms with Crippen LogP contribution in [0.4, 0.5) is 0 Å². The smallest absolute Gasteiger partial charge is 0.0540 e. The van der Waals surface area contributed by atoms with E-state index < -0.39 is 0 Å². The van der Waals surface area contributed by atoms with E-state index in [0.717, 1.165) is 32.5 Å². The summed E-state index contributed by atoms with van der Waals surface area (Å²) >= 11 is 0. The van der Waals surface area contributed by atoms with Gasteiger partial charge < -0.3 is 10.4 Å². The van der Waals surface area contributed by atoms with Crippen molar-refractivity contribution in [3.05, 3.63) is 0 Å². The molecule has 1 heterocycles. The SMILES string of the molecule is CCC(O)CC1CC(NCC(C)(C)C)CN(C(C)C)C1. The van der Waals surface area contributed by atoms with E-state index >= 15 is 0 Å². The van der Waals surface area contributed by atoms with Crippen LogP contribution in [0.2, 0.25) is 0 Å². The van der Waals surface area contributed by atoms with Crippen molar-refractivity contribution in [2.24, 2.45) is 11.3 Å². The Bertz CT molecular complexity index is 273. The highest BCUT2D eigenvalue weighted by Crippen LogP contribution is 2.24. The fourth-order valence-corrected chi connectivity index (χ4v) is 2.98. The summed E-state index contributed by atoms with van der Waals surface area (Å²) in [7, 11) is 0. The molecule has 1 aliphatic heterocycles. The average Bonchev–Trinajstić information content (AvgIpc) is 2.35. The van der Waals surface area contributed by atoms with Gasteiger partial charge >= 0.3 is 0 Å². The quantitative estimate of drug-likeness (QED) is 0.787. The Morgan fingerprint density at radius 2 is 1.90 bits per heavy atom. The molecule has 1 aliphatic rings. The third kappa shape index (κ3) is 6.55. The third-order valence-electron chi connectivity index (χ3n) is 4.29. The number of nitrogens with one attached hydrogen (secondary N) is 1. The van der Waals surface area contributed by atoms with Gasteiger partial charge in [-0.25, -0.2) is 0 Å². The first kappa shape index (κ1) is 17.9. The van der Waals surface area contributed by atoms with E-state index in [1.807, 2.05) is 0 Å². The molecule has 0 amide bonds. The highest BCUT2D eigenvalue weighted by molar-refractivity contribution is 4.86. The van der Waals surface area contributed by atoms with Crippen molar-refractivity contribution in [3.63, 3.8) is 0 Å². The minimum absolute atomic E-state index is 0.129. The predicted octanol–water partition coefficient (Wildman–Crippen LogP) is 2.88. The van der Waals surface area contributed by atoms with E-state index in [2.05, 4.69) is 51.8 Å². The summed E-state index contributed by atoms with van der Waals surface area (Å²) in [5.41, 5.74) is 0.332. The maximum Gasteiger partial charge on any atom is 0.0540 e. The Morgan fingerprint density at radius 3 is 2.40 bits per heavy atom. The molecule has 2 N–H and O–H groups in total. The lowest BCUT2D eigenvalue weighted by Gasteiger charge is -2.41. The van der Waals surface area contributed by atoms with Crippen LogP contribution < -0.4 is 5.32 Å². The van der Waals surface area contributed by atoms with E-state index in [9.17, 15) is 5.11 Å². The second-order valence-corrected chi connectivity index (χ2v) is 8.09. The lowest BCUT2D eigenvalue weighted by atomic mass is 9.87. The summed E-state index contributed by atoms with van der Waals surface area (Å²) in [4.78, 5) is 2.57.